The first-order valence-corrected chi connectivity index (χ1v) is 8.57. The lowest BCUT2D eigenvalue weighted by molar-refractivity contribution is -0.148. The molecular weight excluding hydrogens is 348 g/mol. The number of hydrogen-bond donors (Lipinski definition) is 2. The van der Waals surface area contributed by atoms with E-state index in [1.807, 2.05) is 6.07 Å². The number of anilines is 2. The van der Waals surface area contributed by atoms with Crippen LogP contribution in [0.5, 0.6) is 5.75 Å². The molecule has 1 aliphatic carbocycles. The van der Waals surface area contributed by atoms with Crippen LogP contribution in [0.25, 0.3) is 0 Å². The lowest BCUT2D eigenvalue weighted by atomic mass is 10.2. The number of carbonyl (C=O) groups excluding carboxylic acids is 3. The molecule has 0 unspecified atom stereocenters. The first-order valence-electron chi connectivity index (χ1n) is 8.57. The molecule has 2 N–H and O–H groups in total. The van der Waals surface area contributed by atoms with Crippen LogP contribution in [-0.4, -0.2) is 31.5 Å². The normalized spacial score (nSPS) is 12.8. The highest BCUT2D eigenvalue weighted by Gasteiger charge is 2.31. The van der Waals surface area contributed by atoms with Gasteiger partial charge in [-0.1, -0.05) is 12.1 Å². The Morgan fingerprint density at radius 1 is 1.00 bits per heavy atom. The number of nitrogens with one attached hydrogen (secondary N) is 2. The van der Waals surface area contributed by atoms with Gasteiger partial charge < -0.3 is 20.1 Å². The first kappa shape index (κ1) is 18.4. The van der Waals surface area contributed by atoms with Crippen molar-refractivity contribution in [2.75, 3.05) is 24.4 Å². The van der Waals surface area contributed by atoms with Crippen LogP contribution in [-0.2, 0) is 14.3 Å². The molecule has 2 amide bonds. The lowest BCUT2D eigenvalue weighted by Crippen LogP contribution is -2.21. The third-order valence-corrected chi connectivity index (χ3v) is 4.04. The number of ether oxygens (including phenoxy) is 2. The lowest BCUT2D eigenvalue weighted by Gasteiger charge is -2.10. The van der Waals surface area contributed by atoms with Gasteiger partial charge in [0.15, 0.2) is 6.61 Å². The van der Waals surface area contributed by atoms with Gasteiger partial charge in [-0.15, -0.1) is 0 Å². The van der Waals surface area contributed by atoms with Crippen LogP contribution >= 0.6 is 0 Å². The van der Waals surface area contributed by atoms with E-state index in [2.05, 4.69) is 10.6 Å². The molecule has 2 aromatic carbocycles. The molecule has 0 radical (unpaired) electrons. The molecule has 0 saturated heterocycles. The molecule has 1 fully saturated rings. The second-order valence-electron chi connectivity index (χ2n) is 6.16. The van der Waals surface area contributed by atoms with Crippen molar-refractivity contribution in [2.24, 2.45) is 5.92 Å². The largest absolute Gasteiger partial charge is 0.495 e. The molecule has 7 heteroatoms. The summed E-state index contributed by atoms with van der Waals surface area (Å²) < 4.78 is 10.1. The van der Waals surface area contributed by atoms with Gasteiger partial charge in [-0.05, 0) is 49.2 Å². The molecule has 0 aliphatic heterocycles. The Labute approximate surface area is 156 Å². The van der Waals surface area contributed by atoms with E-state index in [4.69, 9.17) is 9.47 Å². The van der Waals surface area contributed by atoms with Crippen molar-refractivity contribution in [2.45, 2.75) is 12.8 Å². The third-order valence-electron chi connectivity index (χ3n) is 4.04. The average Bonchev–Trinajstić information content (AvgIpc) is 3.52. The number of amides is 2. The van der Waals surface area contributed by atoms with E-state index in [9.17, 15) is 14.4 Å². The standard InChI is InChI=1S/C20H20N2O5/c1-26-17-5-3-2-4-16(17)22-19(24)13-8-10-15(11-9-13)21-18(23)12-27-20(25)14-6-7-14/h2-5,8-11,14H,6-7,12H2,1H3,(H,21,23)(H,22,24). The first-order chi connectivity index (χ1) is 13.1. The highest BCUT2D eigenvalue weighted by atomic mass is 16.5. The van der Waals surface area contributed by atoms with Crippen LogP contribution in [0.2, 0.25) is 0 Å². The second-order valence-corrected chi connectivity index (χ2v) is 6.16. The molecule has 7 nitrogen and oxygen atoms in total. The van der Waals surface area contributed by atoms with Gasteiger partial charge in [0.1, 0.15) is 5.75 Å². The number of benzene rings is 2. The summed E-state index contributed by atoms with van der Waals surface area (Å²) in [7, 11) is 1.53. The van der Waals surface area contributed by atoms with Gasteiger partial charge in [-0.2, -0.15) is 0 Å². The van der Waals surface area contributed by atoms with E-state index >= 15 is 0 Å². The Morgan fingerprint density at radius 2 is 1.70 bits per heavy atom. The van der Waals surface area contributed by atoms with Gasteiger partial charge >= 0.3 is 5.97 Å². The number of rotatable bonds is 7. The third kappa shape index (κ3) is 5.07. The maximum atomic E-state index is 12.4. The minimum Gasteiger partial charge on any atom is -0.495 e. The van der Waals surface area contributed by atoms with Crippen molar-refractivity contribution in [1.82, 2.24) is 0 Å². The Balaban J connectivity index is 1.53. The number of carbonyl (C=O) groups is 3. The van der Waals surface area contributed by atoms with E-state index in [0.29, 0.717) is 22.7 Å². The van der Waals surface area contributed by atoms with Crippen LogP contribution in [0.3, 0.4) is 0 Å². The van der Waals surface area contributed by atoms with Crippen LogP contribution in [0.1, 0.15) is 23.2 Å². The summed E-state index contributed by atoms with van der Waals surface area (Å²) in [4.78, 5) is 35.6. The van der Waals surface area contributed by atoms with Gasteiger partial charge in [0.25, 0.3) is 11.8 Å². The maximum absolute atomic E-state index is 12.4. The second kappa shape index (κ2) is 8.35. The minimum absolute atomic E-state index is 0.0427. The summed E-state index contributed by atoms with van der Waals surface area (Å²) >= 11 is 0. The summed E-state index contributed by atoms with van der Waals surface area (Å²) in [6, 6.07) is 13.5. The molecule has 3 rings (SSSR count). The van der Waals surface area contributed by atoms with Crippen molar-refractivity contribution in [3.05, 3.63) is 54.1 Å². The van der Waals surface area contributed by atoms with Crippen LogP contribution in [0.4, 0.5) is 11.4 Å². The number of methoxy groups -OCH3 is 1. The van der Waals surface area contributed by atoms with E-state index < -0.39 is 5.91 Å². The SMILES string of the molecule is COc1ccccc1NC(=O)c1ccc(NC(=O)COC(=O)C2CC2)cc1. The van der Waals surface area contributed by atoms with Crippen molar-refractivity contribution in [3.8, 4) is 5.75 Å². The maximum Gasteiger partial charge on any atom is 0.309 e. The smallest absolute Gasteiger partial charge is 0.309 e. The zero-order chi connectivity index (χ0) is 19.2. The van der Waals surface area contributed by atoms with Gasteiger partial charge in [0.05, 0.1) is 18.7 Å². The van der Waals surface area contributed by atoms with E-state index in [1.54, 1.807) is 42.5 Å². The fourth-order valence-electron chi connectivity index (χ4n) is 2.42. The Hall–Kier alpha value is -3.35. The fraction of sp³-hybridized carbons (Fsp3) is 0.250. The zero-order valence-electron chi connectivity index (χ0n) is 14.9. The van der Waals surface area contributed by atoms with Crippen molar-refractivity contribution >= 4 is 29.2 Å². The van der Waals surface area contributed by atoms with Crippen LogP contribution < -0.4 is 15.4 Å². The molecule has 0 heterocycles. The summed E-state index contributed by atoms with van der Waals surface area (Å²) in [6.07, 6.45) is 1.66. The van der Waals surface area contributed by atoms with Crippen molar-refractivity contribution in [3.63, 3.8) is 0 Å². The van der Waals surface area contributed by atoms with Gasteiger partial charge in [-0.25, -0.2) is 0 Å². The predicted molar refractivity (Wildman–Crippen MR) is 99.7 cm³/mol. The molecule has 0 bridgehead atoms. The van der Waals surface area contributed by atoms with Crippen LogP contribution in [0, 0.1) is 5.92 Å². The molecule has 140 valence electrons. The quantitative estimate of drug-likeness (QED) is 0.733. The highest BCUT2D eigenvalue weighted by Crippen LogP contribution is 2.30. The molecule has 0 spiro atoms. The van der Waals surface area contributed by atoms with E-state index in [1.165, 1.54) is 7.11 Å². The zero-order valence-corrected chi connectivity index (χ0v) is 14.9. The van der Waals surface area contributed by atoms with Gasteiger partial charge in [0.2, 0.25) is 0 Å². The van der Waals surface area contributed by atoms with Gasteiger partial charge in [-0.3, -0.25) is 14.4 Å². The fourth-order valence-corrected chi connectivity index (χ4v) is 2.42. The van der Waals surface area contributed by atoms with Crippen LogP contribution in [0.15, 0.2) is 48.5 Å². The topological polar surface area (TPSA) is 93.7 Å². The number of para-hydroxylation sites is 2. The minimum atomic E-state index is -0.421. The summed E-state index contributed by atoms with van der Waals surface area (Å²) in [5.41, 5.74) is 1.51. The molecule has 1 saturated carbocycles. The number of hydrogen-bond acceptors (Lipinski definition) is 5. The Bertz CT molecular complexity index is 844. The molecular formula is C20H20N2O5. The molecule has 0 aromatic heterocycles. The monoisotopic (exact) mass is 368 g/mol. The average molecular weight is 368 g/mol. The molecule has 27 heavy (non-hydrogen) atoms. The molecule has 2 aromatic rings. The molecule has 1 aliphatic rings. The summed E-state index contributed by atoms with van der Waals surface area (Å²) in [6.45, 7) is -0.314. The highest BCUT2D eigenvalue weighted by molar-refractivity contribution is 6.05. The van der Waals surface area contributed by atoms with E-state index in [-0.39, 0.29) is 24.4 Å². The summed E-state index contributed by atoms with van der Waals surface area (Å²) in [5, 5.41) is 5.40. The van der Waals surface area contributed by atoms with E-state index in [0.717, 1.165) is 12.8 Å². The Kier molecular flexibility index (Phi) is 5.71. The Morgan fingerprint density at radius 3 is 2.37 bits per heavy atom. The van der Waals surface area contributed by atoms with Gasteiger partial charge in [0, 0.05) is 11.3 Å². The predicted octanol–water partition coefficient (Wildman–Crippen LogP) is 2.84. The number of esters is 1. The van der Waals surface area contributed by atoms with Crippen molar-refractivity contribution < 1.29 is 23.9 Å². The molecule has 0 atom stereocenters. The summed E-state index contributed by atoms with van der Waals surface area (Å²) in [5.74, 6) is -0.520. The van der Waals surface area contributed by atoms with Crippen molar-refractivity contribution in [1.29, 1.82) is 0 Å².